The van der Waals surface area contributed by atoms with E-state index in [9.17, 15) is 19.2 Å². The number of allylic oxidation sites excluding steroid dienone is 3. The standard InChI is InChI=1S/C32H36O7S/c1-14-11-19(34)21-15(2)12-20(40)23-25(22(14)21)38-28(36)32(23)13-31-10-9-29(32,5)26(31)24-18(16(3)27(35)37-24)7-8-30(31,6)39-17(4)33/h9-11,18,20,22-26,40H,3,7-8,12-13H2,1-2,4-6H3/t18?,20-,22?,23?,24?,25?,26?,29+,30-,31?,32?/m0/s1. The van der Waals surface area contributed by atoms with Crippen molar-refractivity contribution in [2.75, 3.05) is 0 Å². The van der Waals surface area contributed by atoms with Crippen LogP contribution in [0.25, 0.3) is 0 Å². The van der Waals surface area contributed by atoms with Crippen molar-refractivity contribution in [2.45, 2.75) is 83.4 Å². The molecule has 8 heteroatoms. The number of carbonyl (C=O) groups excluding carboxylic acids is 4. The predicted octanol–water partition coefficient (Wildman–Crippen LogP) is 4.47. The first-order valence-corrected chi connectivity index (χ1v) is 14.9. The van der Waals surface area contributed by atoms with Crippen molar-refractivity contribution in [2.24, 2.45) is 39.9 Å². The first-order valence-electron chi connectivity index (χ1n) is 14.3. The lowest BCUT2D eigenvalue weighted by Crippen LogP contribution is -2.51. The van der Waals surface area contributed by atoms with Gasteiger partial charge in [-0.3, -0.25) is 14.4 Å². The molecule has 2 aliphatic heterocycles. The molecule has 7 rings (SSSR count). The Morgan fingerprint density at radius 3 is 2.55 bits per heavy atom. The van der Waals surface area contributed by atoms with Gasteiger partial charge in [-0.15, -0.1) is 0 Å². The lowest BCUT2D eigenvalue weighted by molar-refractivity contribution is -0.175. The van der Waals surface area contributed by atoms with Gasteiger partial charge in [-0.2, -0.15) is 12.6 Å². The van der Waals surface area contributed by atoms with Gasteiger partial charge < -0.3 is 14.2 Å². The zero-order valence-electron chi connectivity index (χ0n) is 23.6. The van der Waals surface area contributed by atoms with Gasteiger partial charge in [-0.1, -0.05) is 36.8 Å². The van der Waals surface area contributed by atoms with Gasteiger partial charge in [0.25, 0.3) is 0 Å². The molecule has 4 fully saturated rings. The summed E-state index contributed by atoms with van der Waals surface area (Å²) in [5.74, 6) is -2.26. The summed E-state index contributed by atoms with van der Waals surface area (Å²) in [4.78, 5) is 53.0. The van der Waals surface area contributed by atoms with E-state index < -0.39 is 40.0 Å². The van der Waals surface area contributed by atoms with Crippen molar-refractivity contribution >= 4 is 36.3 Å². The average molecular weight is 565 g/mol. The van der Waals surface area contributed by atoms with Crippen molar-refractivity contribution < 1.29 is 33.4 Å². The molecule has 0 aromatic heterocycles. The van der Waals surface area contributed by atoms with Crippen molar-refractivity contribution in [3.05, 3.63) is 47.1 Å². The Kier molecular flexibility index (Phi) is 5.14. The molecule has 7 nitrogen and oxygen atoms in total. The summed E-state index contributed by atoms with van der Waals surface area (Å²) in [7, 11) is 0. The smallest absolute Gasteiger partial charge is 0.334 e. The fourth-order valence-corrected chi connectivity index (χ4v) is 11.2. The zero-order valence-corrected chi connectivity index (χ0v) is 24.5. The molecular weight excluding hydrogens is 528 g/mol. The first-order chi connectivity index (χ1) is 18.7. The molecule has 40 heavy (non-hydrogen) atoms. The topological polar surface area (TPSA) is 96.0 Å². The van der Waals surface area contributed by atoms with Gasteiger partial charge in [0.1, 0.15) is 17.8 Å². The zero-order chi connectivity index (χ0) is 28.7. The van der Waals surface area contributed by atoms with E-state index in [2.05, 4.69) is 25.7 Å². The van der Waals surface area contributed by atoms with Crippen LogP contribution in [0.4, 0.5) is 0 Å². The van der Waals surface area contributed by atoms with Crippen LogP contribution in [-0.2, 0) is 33.4 Å². The summed E-state index contributed by atoms with van der Waals surface area (Å²) >= 11 is 5.14. The highest BCUT2D eigenvalue weighted by Crippen LogP contribution is 2.80. The molecule has 7 aliphatic rings. The molecule has 5 aliphatic carbocycles. The fourth-order valence-electron chi connectivity index (χ4n) is 10.5. The third-order valence-corrected chi connectivity index (χ3v) is 12.6. The highest BCUT2D eigenvalue weighted by molar-refractivity contribution is 7.81. The van der Waals surface area contributed by atoms with Gasteiger partial charge in [0.2, 0.25) is 0 Å². The maximum atomic E-state index is 14.5. The van der Waals surface area contributed by atoms with Crippen LogP contribution < -0.4 is 0 Å². The van der Waals surface area contributed by atoms with Crippen LogP contribution in [0.5, 0.6) is 0 Å². The summed E-state index contributed by atoms with van der Waals surface area (Å²) in [6.07, 6.45) is 6.95. The van der Waals surface area contributed by atoms with E-state index in [-0.39, 0.29) is 46.6 Å². The van der Waals surface area contributed by atoms with Gasteiger partial charge in [0.05, 0.1) is 5.41 Å². The van der Waals surface area contributed by atoms with Gasteiger partial charge in [0, 0.05) is 57.8 Å². The van der Waals surface area contributed by atoms with Gasteiger partial charge in [-0.05, 0) is 52.5 Å². The van der Waals surface area contributed by atoms with Gasteiger partial charge in [-0.25, -0.2) is 4.79 Å². The molecule has 2 saturated heterocycles. The molecule has 11 atom stereocenters. The number of carbonyl (C=O) groups is 4. The Balaban J connectivity index is 1.44. The maximum absolute atomic E-state index is 14.5. The van der Waals surface area contributed by atoms with Gasteiger partial charge in [0.15, 0.2) is 5.78 Å². The lowest BCUT2D eigenvalue weighted by Gasteiger charge is -2.47. The molecule has 0 aromatic carbocycles. The Morgan fingerprint density at radius 2 is 1.85 bits per heavy atom. The molecule has 212 valence electrons. The first kappa shape index (κ1) is 26.3. The van der Waals surface area contributed by atoms with E-state index in [0.717, 1.165) is 16.7 Å². The molecule has 2 saturated carbocycles. The number of ether oxygens (including phenoxy) is 3. The highest BCUT2D eigenvalue weighted by atomic mass is 32.1. The Hall–Kier alpha value is -2.61. The summed E-state index contributed by atoms with van der Waals surface area (Å²) in [6, 6.07) is 0. The SMILES string of the molecule is C=C1C(=O)OC2C1CC[C@](C)(OC(C)=O)C13C=C[C@](C)(C21)C1(C3)C(=O)OC2C3C(C)=CC(=O)C3=C(C)C[C@H](S)C21. The van der Waals surface area contributed by atoms with Crippen molar-refractivity contribution in [3.8, 4) is 0 Å². The second-order valence-electron chi connectivity index (χ2n) is 13.7. The summed E-state index contributed by atoms with van der Waals surface area (Å²) in [6.45, 7) is 13.5. The fraction of sp³-hybridized carbons (Fsp3) is 0.625. The van der Waals surface area contributed by atoms with Crippen LogP contribution in [0, 0.1) is 39.9 Å². The van der Waals surface area contributed by atoms with Crippen LogP contribution >= 0.6 is 12.6 Å². The van der Waals surface area contributed by atoms with Crippen LogP contribution in [0.3, 0.4) is 0 Å². The number of rotatable bonds is 1. The molecule has 2 bridgehead atoms. The van der Waals surface area contributed by atoms with E-state index >= 15 is 0 Å². The predicted molar refractivity (Wildman–Crippen MR) is 148 cm³/mol. The van der Waals surface area contributed by atoms with E-state index in [1.165, 1.54) is 6.92 Å². The van der Waals surface area contributed by atoms with E-state index in [0.29, 0.717) is 31.3 Å². The third-order valence-electron chi connectivity index (χ3n) is 12.1. The van der Waals surface area contributed by atoms with Crippen molar-refractivity contribution in [1.29, 1.82) is 0 Å². The minimum atomic E-state index is -1.01. The average Bonchev–Trinajstić information content (AvgIpc) is 3.53. The normalized spacial score (nSPS) is 50.1. The molecule has 0 aromatic rings. The summed E-state index contributed by atoms with van der Waals surface area (Å²) in [5.41, 5.74) is -0.420. The van der Waals surface area contributed by atoms with E-state index in [1.807, 2.05) is 20.8 Å². The van der Waals surface area contributed by atoms with E-state index in [1.54, 1.807) is 6.08 Å². The minimum absolute atomic E-state index is 0.0114. The van der Waals surface area contributed by atoms with Crippen LogP contribution in [-0.4, -0.2) is 46.8 Å². The summed E-state index contributed by atoms with van der Waals surface area (Å²) in [5, 5.41) is -0.239. The number of fused-ring (bicyclic) bond motifs is 6. The quantitative estimate of drug-likeness (QED) is 0.165. The second kappa shape index (κ2) is 7.81. The number of hydrogen-bond donors (Lipinski definition) is 1. The monoisotopic (exact) mass is 564 g/mol. The minimum Gasteiger partial charge on any atom is -0.461 e. The van der Waals surface area contributed by atoms with Crippen LogP contribution in [0.2, 0.25) is 0 Å². The lowest BCUT2D eigenvalue weighted by atomic mass is 9.55. The molecule has 0 amide bonds. The number of ketones is 1. The Morgan fingerprint density at radius 1 is 1.12 bits per heavy atom. The Labute approximate surface area is 239 Å². The third kappa shape index (κ3) is 2.75. The highest BCUT2D eigenvalue weighted by Gasteiger charge is 2.84. The molecule has 0 radical (unpaired) electrons. The molecule has 1 spiro atoms. The molecular formula is C32H36O7S. The van der Waals surface area contributed by atoms with Crippen LogP contribution in [0.15, 0.2) is 47.1 Å². The number of thiol groups is 1. The van der Waals surface area contributed by atoms with E-state index in [4.69, 9.17) is 26.8 Å². The van der Waals surface area contributed by atoms with Crippen molar-refractivity contribution in [3.63, 3.8) is 0 Å². The Bertz CT molecular complexity index is 1420. The molecule has 2 heterocycles. The number of hydrogen-bond acceptors (Lipinski definition) is 8. The largest absolute Gasteiger partial charge is 0.461 e. The van der Waals surface area contributed by atoms with Gasteiger partial charge >= 0.3 is 17.9 Å². The number of esters is 3. The summed E-state index contributed by atoms with van der Waals surface area (Å²) < 4.78 is 18.7. The second-order valence-corrected chi connectivity index (χ2v) is 14.4. The maximum Gasteiger partial charge on any atom is 0.334 e. The molecule has 8 unspecified atom stereocenters. The van der Waals surface area contributed by atoms with Crippen LogP contribution in [0.1, 0.15) is 60.3 Å². The molecule has 0 N–H and O–H groups in total. The van der Waals surface area contributed by atoms with Crippen molar-refractivity contribution in [1.82, 2.24) is 0 Å².